The summed E-state index contributed by atoms with van der Waals surface area (Å²) < 4.78 is 0. The van der Waals surface area contributed by atoms with Crippen LogP contribution in [0, 0.1) is 11.3 Å². The van der Waals surface area contributed by atoms with Gasteiger partial charge in [-0.25, -0.2) is 15.0 Å². The predicted octanol–water partition coefficient (Wildman–Crippen LogP) is 14.2. The maximum atomic E-state index is 9.68. The summed E-state index contributed by atoms with van der Waals surface area (Å²) in [6, 6.07) is 69.8. The zero-order valence-electron chi connectivity index (χ0n) is 33.3. The molecule has 0 radical (unpaired) electrons. The number of benzene rings is 9. The third kappa shape index (κ3) is 5.62. The molecule has 12 rings (SSSR count). The zero-order chi connectivity index (χ0) is 41.1. The second-order valence-corrected chi connectivity index (χ2v) is 15.6. The van der Waals surface area contributed by atoms with Crippen LogP contribution in [0.25, 0.3) is 122 Å². The Kier molecular flexibility index (Phi) is 8.16. The van der Waals surface area contributed by atoms with Gasteiger partial charge in [0.2, 0.25) is 0 Å². The van der Waals surface area contributed by atoms with Gasteiger partial charge in [0.25, 0.3) is 0 Å². The van der Waals surface area contributed by atoms with E-state index >= 15 is 0 Å². The van der Waals surface area contributed by atoms with E-state index in [1.54, 1.807) is 0 Å². The Bertz CT molecular complexity index is 3520. The maximum absolute atomic E-state index is 9.68. The lowest BCUT2D eigenvalue weighted by atomic mass is 9.83. The van der Waals surface area contributed by atoms with E-state index in [4.69, 9.17) is 15.0 Å². The van der Waals surface area contributed by atoms with Gasteiger partial charge in [0.1, 0.15) is 0 Å². The van der Waals surface area contributed by atoms with Crippen molar-refractivity contribution >= 4 is 32.3 Å². The van der Waals surface area contributed by atoms with Gasteiger partial charge in [0, 0.05) is 28.5 Å². The van der Waals surface area contributed by atoms with Crippen LogP contribution >= 0.6 is 0 Å². The van der Waals surface area contributed by atoms with Crippen LogP contribution in [0.2, 0.25) is 0 Å². The summed E-state index contributed by atoms with van der Waals surface area (Å²) in [4.78, 5) is 20.3. The van der Waals surface area contributed by atoms with E-state index in [-0.39, 0.29) is 0 Å². The molecule has 0 saturated heterocycles. The van der Waals surface area contributed by atoms with Gasteiger partial charge in [0.15, 0.2) is 17.5 Å². The van der Waals surface area contributed by atoms with Crippen molar-refractivity contribution < 1.29 is 0 Å². The number of aromatic nitrogens is 4. The molecule has 2 heterocycles. The molecule has 0 aliphatic heterocycles. The Morgan fingerprint density at radius 2 is 0.790 bits per heavy atom. The molecule has 286 valence electrons. The lowest BCUT2D eigenvalue weighted by Gasteiger charge is -2.20. The number of nitriles is 1. The third-order valence-electron chi connectivity index (χ3n) is 12.2. The summed E-state index contributed by atoms with van der Waals surface area (Å²) in [5.41, 5.74) is 14.8. The Morgan fingerprint density at radius 3 is 1.39 bits per heavy atom. The molecular weight excluding hydrogens is 755 g/mol. The van der Waals surface area contributed by atoms with Crippen molar-refractivity contribution in [3.05, 3.63) is 206 Å². The van der Waals surface area contributed by atoms with Crippen LogP contribution in [0.3, 0.4) is 0 Å². The van der Waals surface area contributed by atoms with E-state index in [0.29, 0.717) is 23.0 Å². The van der Waals surface area contributed by atoms with Crippen molar-refractivity contribution in [2.24, 2.45) is 0 Å². The van der Waals surface area contributed by atoms with Gasteiger partial charge in [-0.3, -0.25) is 4.98 Å². The fourth-order valence-electron chi connectivity index (χ4n) is 9.39. The van der Waals surface area contributed by atoms with Crippen LogP contribution in [0.15, 0.2) is 200 Å². The highest BCUT2D eigenvalue weighted by Crippen LogP contribution is 2.54. The SMILES string of the molecule is N#Cc1ccc(-c2ccc3c4c(ccc(-c5c6ccccc6c(-c6nc(-c7ccccc7)nc(-c7ccc(-c8ccccn8)cc7)n6)c6ccccc56)c24)-c2ccccc2-3)cc1. The molecule has 0 fully saturated rings. The molecular formula is C57H33N5. The zero-order valence-corrected chi connectivity index (χ0v) is 33.3. The summed E-state index contributed by atoms with van der Waals surface area (Å²) >= 11 is 0. The van der Waals surface area contributed by atoms with Gasteiger partial charge in [-0.1, -0.05) is 170 Å². The molecule has 1 aliphatic carbocycles. The Labute approximate surface area is 358 Å². The number of hydrogen-bond acceptors (Lipinski definition) is 5. The molecule has 5 heteroatoms. The van der Waals surface area contributed by atoms with E-state index in [0.717, 1.165) is 71.7 Å². The number of rotatable bonds is 6. The molecule has 11 aromatic rings. The Hall–Kier alpha value is -8.59. The molecule has 0 atom stereocenters. The number of hydrogen-bond donors (Lipinski definition) is 0. The van der Waals surface area contributed by atoms with Gasteiger partial charge in [-0.05, 0) is 101 Å². The quantitative estimate of drug-likeness (QED) is 0.157. The Balaban J connectivity index is 1.14. The van der Waals surface area contributed by atoms with Crippen LogP contribution in [-0.2, 0) is 0 Å². The van der Waals surface area contributed by atoms with Crippen molar-refractivity contribution in [2.45, 2.75) is 0 Å². The first kappa shape index (κ1) is 35.4. The highest BCUT2D eigenvalue weighted by atomic mass is 15.0. The smallest absolute Gasteiger partial charge is 0.165 e. The van der Waals surface area contributed by atoms with Gasteiger partial charge < -0.3 is 0 Å². The van der Waals surface area contributed by atoms with E-state index in [2.05, 4.69) is 145 Å². The number of pyridine rings is 1. The molecule has 0 N–H and O–H groups in total. The van der Waals surface area contributed by atoms with Gasteiger partial charge in [0.05, 0.1) is 17.3 Å². The normalized spacial score (nSPS) is 11.5. The van der Waals surface area contributed by atoms with E-state index in [1.165, 1.54) is 33.0 Å². The molecule has 0 bridgehead atoms. The predicted molar refractivity (Wildman–Crippen MR) is 252 cm³/mol. The van der Waals surface area contributed by atoms with Crippen molar-refractivity contribution in [1.29, 1.82) is 5.26 Å². The summed E-state index contributed by atoms with van der Waals surface area (Å²) in [6.45, 7) is 0. The van der Waals surface area contributed by atoms with Gasteiger partial charge in [-0.2, -0.15) is 5.26 Å². The van der Waals surface area contributed by atoms with E-state index < -0.39 is 0 Å². The Morgan fingerprint density at radius 1 is 0.323 bits per heavy atom. The minimum atomic E-state index is 0.595. The van der Waals surface area contributed by atoms with Gasteiger partial charge in [-0.15, -0.1) is 0 Å². The first-order chi connectivity index (χ1) is 30.7. The molecule has 2 aromatic heterocycles. The maximum Gasteiger partial charge on any atom is 0.165 e. The van der Waals surface area contributed by atoms with Crippen molar-refractivity contribution in [1.82, 2.24) is 19.9 Å². The van der Waals surface area contributed by atoms with E-state index in [1.807, 2.05) is 66.9 Å². The standard InChI is InChI=1S/C57H33N5/c58-34-35-21-23-36(24-22-35)40-29-30-47-41-14-4-5-15-42(41)48-31-32-49(52(40)53(47)48)51-43-16-6-8-18-45(43)54(46-19-9-7-17-44(46)51)57-61-55(38-12-2-1-3-13-38)60-56(62-57)39-27-25-37(26-28-39)50-20-10-11-33-59-50/h1-33H. The first-order valence-corrected chi connectivity index (χ1v) is 20.7. The molecule has 62 heavy (non-hydrogen) atoms. The van der Waals surface area contributed by atoms with E-state index in [9.17, 15) is 5.26 Å². The van der Waals surface area contributed by atoms with Crippen molar-refractivity contribution in [3.63, 3.8) is 0 Å². The largest absolute Gasteiger partial charge is 0.256 e. The lowest BCUT2D eigenvalue weighted by Crippen LogP contribution is -2.02. The van der Waals surface area contributed by atoms with Crippen LogP contribution in [0.1, 0.15) is 5.56 Å². The summed E-state index contributed by atoms with van der Waals surface area (Å²) in [5.74, 6) is 1.81. The molecule has 5 nitrogen and oxygen atoms in total. The summed E-state index contributed by atoms with van der Waals surface area (Å²) in [7, 11) is 0. The monoisotopic (exact) mass is 787 g/mol. The molecule has 0 saturated carbocycles. The topological polar surface area (TPSA) is 75.3 Å². The molecule has 9 aromatic carbocycles. The minimum absolute atomic E-state index is 0.595. The average Bonchev–Trinajstić information content (AvgIpc) is 3.68. The number of fused-ring (bicyclic) bond motifs is 5. The van der Waals surface area contributed by atoms with Crippen molar-refractivity contribution in [2.75, 3.05) is 0 Å². The summed E-state index contributed by atoms with van der Waals surface area (Å²) in [5, 5.41) is 16.4. The fourth-order valence-corrected chi connectivity index (χ4v) is 9.39. The van der Waals surface area contributed by atoms with Crippen LogP contribution in [0.4, 0.5) is 0 Å². The summed E-state index contributed by atoms with van der Waals surface area (Å²) in [6.07, 6.45) is 1.81. The highest BCUT2D eigenvalue weighted by molar-refractivity contribution is 6.28. The first-order valence-electron chi connectivity index (χ1n) is 20.7. The average molecular weight is 788 g/mol. The van der Waals surface area contributed by atoms with Crippen LogP contribution < -0.4 is 0 Å². The molecule has 0 amide bonds. The highest BCUT2D eigenvalue weighted by Gasteiger charge is 2.27. The number of nitrogens with zero attached hydrogens (tertiary/aromatic N) is 5. The fraction of sp³-hybridized carbons (Fsp3) is 0. The van der Waals surface area contributed by atoms with Crippen LogP contribution in [0.5, 0.6) is 0 Å². The third-order valence-corrected chi connectivity index (χ3v) is 12.2. The van der Waals surface area contributed by atoms with Crippen molar-refractivity contribution in [3.8, 4) is 96.0 Å². The second-order valence-electron chi connectivity index (χ2n) is 15.6. The second kappa shape index (κ2) is 14.3. The molecule has 0 unspecified atom stereocenters. The molecule has 0 spiro atoms. The van der Waals surface area contributed by atoms with Gasteiger partial charge >= 0.3 is 0 Å². The minimum Gasteiger partial charge on any atom is -0.256 e. The molecule has 1 aliphatic rings. The van der Waals surface area contributed by atoms with Crippen LogP contribution in [-0.4, -0.2) is 19.9 Å². The lowest BCUT2D eigenvalue weighted by molar-refractivity contribution is 1.08.